The Labute approximate surface area is 122 Å². The Kier molecular flexibility index (Phi) is 5.18. The van der Waals surface area contributed by atoms with Gasteiger partial charge >= 0.3 is 0 Å². The van der Waals surface area contributed by atoms with Crippen molar-refractivity contribution < 1.29 is 0 Å². The van der Waals surface area contributed by atoms with Gasteiger partial charge in [-0.25, -0.2) is 0 Å². The summed E-state index contributed by atoms with van der Waals surface area (Å²) in [5, 5.41) is 4.39. The van der Waals surface area contributed by atoms with Crippen LogP contribution in [0, 0.1) is 6.92 Å². The van der Waals surface area contributed by atoms with Crippen molar-refractivity contribution in [2.24, 2.45) is 12.8 Å². The smallest absolute Gasteiger partial charge is 0.0540 e. The SMILES string of the molecule is CCC1CN(C)CCCN1C(CN)c1cnn(C)c1C. The van der Waals surface area contributed by atoms with E-state index in [9.17, 15) is 0 Å². The molecule has 1 fully saturated rings. The number of nitrogens with two attached hydrogens (primary N) is 1. The molecule has 20 heavy (non-hydrogen) atoms. The fourth-order valence-corrected chi connectivity index (χ4v) is 3.32. The van der Waals surface area contributed by atoms with Crippen LogP contribution in [0.5, 0.6) is 0 Å². The van der Waals surface area contributed by atoms with Gasteiger partial charge in [0.2, 0.25) is 0 Å². The zero-order chi connectivity index (χ0) is 14.7. The van der Waals surface area contributed by atoms with E-state index < -0.39 is 0 Å². The topological polar surface area (TPSA) is 50.3 Å². The second kappa shape index (κ2) is 6.70. The summed E-state index contributed by atoms with van der Waals surface area (Å²) >= 11 is 0. The number of aromatic nitrogens is 2. The molecule has 0 amide bonds. The second-order valence-electron chi connectivity index (χ2n) is 5.98. The summed E-state index contributed by atoms with van der Waals surface area (Å²) in [6.07, 6.45) is 4.37. The first-order valence-corrected chi connectivity index (χ1v) is 7.71. The molecule has 1 saturated heterocycles. The molecule has 2 unspecified atom stereocenters. The minimum atomic E-state index is 0.292. The number of nitrogens with zero attached hydrogens (tertiary/aromatic N) is 4. The van der Waals surface area contributed by atoms with E-state index in [4.69, 9.17) is 5.73 Å². The molecule has 2 atom stereocenters. The fraction of sp³-hybridized carbons (Fsp3) is 0.800. The summed E-state index contributed by atoms with van der Waals surface area (Å²) < 4.78 is 1.95. The summed E-state index contributed by atoms with van der Waals surface area (Å²) in [5.41, 5.74) is 8.64. The molecule has 1 aliphatic rings. The van der Waals surface area contributed by atoms with Crippen LogP contribution in [0.4, 0.5) is 0 Å². The first-order valence-electron chi connectivity index (χ1n) is 7.71. The quantitative estimate of drug-likeness (QED) is 0.898. The Morgan fingerprint density at radius 3 is 2.70 bits per heavy atom. The standard InChI is InChI=1S/C15H29N5/c1-5-13-11-18(3)7-6-8-20(13)15(9-16)14-10-17-19(4)12(14)2/h10,13,15H,5-9,11,16H2,1-4H3. The number of hydrogen-bond donors (Lipinski definition) is 1. The van der Waals surface area contributed by atoms with E-state index in [1.807, 2.05) is 17.9 Å². The van der Waals surface area contributed by atoms with Gasteiger partial charge in [0.05, 0.1) is 12.2 Å². The van der Waals surface area contributed by atoms with Crippen LogP contribution in [0.15, 0.2) is 6.20 Å². The number of likely N-dealkylation sites (N-methyl/N-ethyl adjacent to an activating group) is 1. The third-order valence-corrected chi connectivity index (χ3v) is 4.67. The molecule has 2 heterocycles. The lowest BCUT2D eigenvalue weighted by molar-refractivity contribution is 0.130. The van der Waals surface area contributed by atoms with Crippen LogP contribution in [0.3, 0.4) is 0 Å². The molecule has 2 N–H and O–H groups in total. The van der Waals surface area contributed by atoms with Crippen molar-refractivity contribution in [3.8, 4) is 0 Å². The Balaban J connectivity index is 2.26. The van der Waals surface area contributed by atoms with Gasteiger partial charge in [0, 0.05) is 44.0 Å². The lowest BCUT2D eigenvalue weighted by Gasteiger charge is -2.36. The molecule has 114 valence electrons. The highest BCUT2D eigenvalue weighted by Gasteiger charge is 2.30. The zero-order valence-electron chi connectivity index (χ0n) is 13.3. The van der Waals surface area contributed by atoms with Crippen LogP contribution in [0.2, 0.25) is 0 Å². The van der Waals surface area contributed by atoms with Crippen molar-refractivity contribution in [1.82, 2.24) is 19.6 Å². The molecule has 5 nitrogen and oxygen atoms in total. The summed E-state index contributed by atoms with van der Waals surface area (Å²) in [6.45, 7) is 8.50. The Morgan fingerprint density at radius 2 is 2.15 bits per heavy atom. The van der Waals surface area contributed by atoms with Crippen molar-refractivity contribution in [3.63, 3.8) is 0 Å². The molecule has 1 aromatic heterocycles. The Morgan fingerprint density at radius 1 is 1.40 bits per heavy atom. The van der Waals surface area contributed by atoms with Gasteiger partial charge in [-0.15, -0.1) is 0 Å². The monoisotopic (exact) mass is 279 g/mol. The van der Waals surface area contributed by atoms with Crippen LogP contribution in [-0.2, 0) is 7.05 Å². The summed E-state index contributed by atoms with van der Waals surface area (Å²) in [4.78, 5) is 5.05. The van der Waals surface area contributed by atoms with Gasteiger partial charge in [-0.2, -0.15) is 5.10 Å². The van der Waals surface area contributed by atoms with E-state index in [0.717, 1.165) is 13.1 Å². The molecule has 0 radical (unpaired) electrons. The third-order valence-electron chi connectivity index (χ3n) is 4.67. The van der Waals surface area contributed by atoms with E-state index in [1.165, 1.54) is 30.6 Å². The highest BCUT2D eigenvalue weighted by atomic mass is 15.3. The van der Waals surface area contributed by atoms with Crippen LogP contribution in [-0.4, -0.2) is 58.8 Å². The largest absolute Gasteiger partial charge is 0.329 e. The summed E-state index contributed by atoms with van der Waals surface area (Å²) in [6, 6.07) is 0.871. The van der Waals surface area contributed by atoms with Crippen molar-refractivity contribution >= 4 is 0 Å². The molecule has 0 bridgehead atoms. The summed E-state index contributed by atoms with van der Waals surface area (Å²) in [7, 11) is 4.22. The molecular weight excluding hydrogens is 250 g/mol. The predicted octanol–water partition coefficient (Wildman–Crippen LogP) is 1.14. The van der Waals surface area contributed by atoms with Gasteiger partial charge in [0.15, 0.2) is 0 Å². The maximum Gasteiger partial charge on any atom is 0.0540 e. The van der Waals surface area contributed by atoms with Gasteiger partial charge < -0.3 is 10.6 Å². The minimum Gasteiger partial charge on any atom is -0.329 e. The zero-order valence-corrected chi connectivity index (χ0v) is 13.3. The molecular formula is C15H29N5. The van der Waals surface area contributed by atoms with Gasteiger partial charge in [-0.1, -0.05) is 6.92 Å². The lowest BCUT2D eigenvalue weighted by atomic mass is 10.0. The number of hydrogen-bond acceptors (Lipinski definition) is 4. The maximum absolute atomic E-state index is 6.12. The lowest BCUT2D eigenvalue weighted by Crippen LogP contribution is -2.44. The van der Waals surface area contributed by atoms with Gasteiger partial charge in [0.1, 0.15) is 0 Å². The van der Waals surface area contributed by atoms with Crippen LogP contribution >= 0.6 is 0 Å². The summed E-state index contributed by atoms with van der Waals surface area (Å²) in [5.74, 6) is 0. The molecule has 0 saturated carbocycles. The van der Waals surface area contributed by atoms with Crippen LogP contribution in [0.25, 0.3) is 0 Å². The highest BCUT2D eigenvalue weighted by Crippen LogP contribution is 2.27. The first-order chi connectivity index (χ1) is 9.58. The maximum atomic E-state index is 6.12. The number of rotatable bonds is 4. The molecule has 2 rings (SSSR count). The van der Waals surface area contributed by atoms with Crippen LogP contribution < -0.4 is 5.73 Å². The van der Waals surface area contributed by atoms with Crippen molar-refractivity contribution in [2.45, 2.75) is 38.8 Å². The average molecular weight is 279 g/mol. The van der Waals surface area contributed by atoms with E-state index in [2.05, 4.69) is 35.8 Å². The molecule has 0 spiro atoms. The molecule has 0 aromatic carbocycles. The van der Waals surface area contributed by atoms with E-state index in [1.54, 1.807) is 0 Å². The van der Waals surface area contributed by atoms with Crippen molar-refractivity contribution in [1.29, 1.82) is 0 Å². The first kappa shape index (κ1) is 15.5. The van der Waals surface area contributed by atoms with E-state index >= 15 is 0 Å². The highest BCUT2D eigenvalue weighted by molar-refractivity contribution is 5.21. The van der Waals surface area contributed by atoms with E-state index in [0.29, 0.717) is 18.6 Å². The third kappa shape index (κ3) is 3.05. The molecule has 1 aromatic rings. The molecule has 1 aliphatic heterocycles. The minimum absolute atomic E-state index is 0.292. The van der Waals surface area contributed by atoms with Gasteiger partial charge in [0.25, 0.3) is 0 Å². The van der Waals surface area contributed by atoms with Crippen molar-refractivity contribution in [3.05, 3.63) is 17.5 Å². The van der Waals surface area contributed by atoms with Gasteiger partial charge in [-0.3, -0.25) is 9.58 Å². The fourth-order valence-electron chi connectivity index (χ4n) is 3.32. The van der Waals surface area contributed by atoms with Gasteiger partial charge in [-0.05, 0) is 33.4 Å². The molecule has 0 aliphatic carbocycles. The van der Waals surface area contributed by atoms with E-state index in [-0.39, 0.29) is 0 Å². The Bertz CT molecular complexity index is 428. The predicted molar refractivity (Wildman–Crippen MR) is 82.6 cm³/mol. The van der Waals surface area contributed by atoms with Crippen LogP contribution in [0.1, 0.15) is 37.1 Å². The Hall–Kier alpha value is -0.910. The average Bonchev–Trinajstić information content (AvgIpc) is 2.65. The number of aryl methyl sites for hydroxylation is 1. The second-order valence-corrected chi connectivity index (χ2v) is 5.98. The normalized spacial score (nSPS) is 23.8. The van der Waals surface area contributed by atoms with Crippen molar-refractivity contribution in [2.75, 3.05) is 33.2 Å². The molecule has 5 heteroatoms.